The molecule has 0 bridgehead atoms. The van der Waals surface area contributed by atoms with E-state index in [2.05, 4.69) is 4.74 Å². The van der Waals surface area contributed by atoms with Gasteiger partial charge in [0.05, 0.1) is 12.5 Å². The Labute approximate surface area is 112 Å². The number of ketones is 1. The first-order valence-electron chi connectivity index (χ1n) is 5.78. The van der Waals surface area contributed by atoms with Gasteiger partial charge in [-0.25, -0.2) is 0 Å². The Morgan fingerprint density at radius 3 is 2.56 bits per heavy atom. The van der Waals surface area contributed by atoms with Crippen LogP contribution in [0, 0.1) is 13.8 Å². The number of aryl methyl sites for hydroxylation is 2. The van der Waals surface area contributed by atoms with Crippen LogP contribution in [0.1, 0.15) is 34.3 Å². The summed E-state index contributed by atoms with van der Waals surface area (Å²) in [6, 6.07) is 5.60. The molecule has 0 N–H and O–H groups in total. The summed E-state index contributed by atoms with van der Waals surface area (Å²) in [5.74, 6) is -0.493. The second-order valence-electron chi connectivity index (χ2n) is 4.26. The molecule has 18 heavy (non-hydrogen) atoms. The van der Waals surface area contributed by atoms with Crippen molar-refractivity contribution < 1.29 is 14.3 Å². The molecule has 0 heterocycles. The summed E-state index contributed by atoms with van der Waals surface area (Å²) in [5.41, 5.74) is 2.62. The van der Waals surface area contributed by atoms with E-state index >= 15 is 0 Å². The number of carbonyl (C=O) groups excluding carboxylic acids is 2. The molecular formula is C14H17ClO3. The van der Waals surface area contributed by atoms with Crippen molar-refractivity contribution in [3.8, 4) is 0 Å². The molecule has 0 aromatic heterocycles. The van der Waals surface area contributed by atoms with Crippen LogP contribution in [0.2, 0.25) is 0 Å². The van der Waals surface area contributed by atoms with E-state index in [1.807, 2.05) is 26.0 Å². The molecule has 98 valence electrons. The quantitative estimate of drug-likeness (QED) is 0.468. The Morgan fingerprint density at radius 1 is 1.33 bits per heavy atom. The number of halogens is 1. The van der Waals surface area contributed by atoms with Gasteiger partial charge in [0.25, 0.3) is 0 Å². The van der Waals surface area contributed by atoms with Gasteiger partial charge in [0.1, 0.15) is 0 Å². The molecule has 0 aliphatic heterocycles. The van der Waals surface area contributed by atoms with E-state index in [9.17, 15) is 9.59 Å². The summed E-state index contributed by atoms with van der Waals surface area (Å²) in [6.45, 7) is 3.85. The number of methoxy groups -OCH3 is 1. The minimum absolute atomic E-state index is 0.141. The van der Waals surface area contributed by atoms with Crippen molar-refractivity contribution in [1.29, 1.82) is 0 Å². The Bertz CT molecular complexity index is 454. The highest BCUT2D eigenvalue weighted by Crippen LogP contribution is 2.18. The molecule has 0 aliphatic carbocycles. The van der Waals surface area contributed by atoms with E-state index in [1.165, 1.54) is 7.11 Å². The predicted octanol–water partition coefficient (Wildman–Crippen LogP) is 3.05. The van der Waals surface area contributed by atoms with Gasteiger partial charge in [-0.2, -0.15) is 0 Å². The first kappa shape index (κ1) is 14.7. The number of alkyl halides is 1. The molecule has 0 radical (unpaired) electrons. The summed E-state index contributed by atoms with van der Waals surface area (Å²) >= 11 is 6.02. The number of hydrogen-bond donors (Lipinski definition) is 0. The number of esters is 1. The average molecular weight is 269 g/mol. The molecule has 1 unspecified atom stereocenters. The lowest BCUT2D eigenvalue weighted by Gasteiger charge is -2.10. The smallest absolute Gasteiger partial charge is 0.305 e. The van der Waals surface area contributed by atoms with Crippen molar-refractivity contribution in [3.63, 3.8) is 0 Å². The second kappa shape index (κ2) is 6.55. The van der Waals surface area contributed by atoms with Crippen LogP contribution in [-0.2, 0) is 9.53 Å². The predicted molar refractivity (Wildman–Crippen MR) is 71.1 cm³/mol. The fourth-order valence-corrected chi connectivity index (χ4v) is 1.96. The minimum Gasteiger partial charge on any atom is -0.469 e. The molecule has 3 nitrogen and oxygen atoms in total. The van der Waals surface area contributed by atoms with Crippen LogP contribution in [-0.4, -0.2) is 24.2 Å². The Kier molecular flexibility index (Phi) is 5.35. The maximum absolute atomic E-state index is 12.1. The molecular weight excluding hydrogens is 252 g/mol. The Morgan fingerprint density at radius 2 is 2.00 bits per heavy atom. The van der Waals surface area contributed by atoms with Crippen molar-refractivity contribution in [2.45, 2.75) is 32.1 Å². The lowest BCUT2D eigenvalue weighted by atomic mass is 9.99. The monoisotopic (exact) mass is 268 g/mol. The third-order valence-corrected chi connectivity index (χ3v) is 3.18. The van der Waals surface area contributed by atoms with E-state index in [-0.39, 0.29) is 18.2 Å². The van der Waals surface area contributed by atoms with Gasteiger partial charge in [-0.15, -0.1) is 11.6 Å². The standard InChI is InChI=1S/C14H17ClO3/c1-9-4-5-11(10(2)8-9)14(17)12(15)6-7-13(16)18-3/h4-5,8,12H,6-7H2,1-3H3. The molecule has 1 aromatic carbocycles. The highest BCUT2D eigenvalue weighted by molar-refractivity contribution is 6.34. The van der Waals surface area contributed by atoms with Gasteiger partial charge in [0, 0.05) is 12.0 Å². The molecule has 0 aliphatic rings. The maximum Gasteiger partial charge on any atom is 0.305 e. The van der Waals surface area contributed by atoms with Gasteiger partial charge in [-0.3, -0.25) is 9.59 Å². The van der Waals surface area contributed by atoms with Crippen LogP contribution >= 0.6 is 11.6 Å². The van der Waals surface area contributed by atoms with Gasteiger partial charge in [-0.1, -0.05) is 23.8 Å². The fraction of sp³-hybridized carbons (Fsp3) is 0.429. The lowest BCUT2D eigenvalue weighted by Crippen LogP contribution is -2.17. The normalized spacial score (nSPS) is 12.0. The van der Waals surface area contributed by atoms with Gasteiger partial charge in [0.2, 0.25) is 0 Å². The van der Waals surface area contributed by atoms with Crippen LogP contribution in [0.4, 0.5) is 0 Å². The molecule has 4 heteroatoms. The zero-order valence-electron chi connectivity index (χ0n) is 10.8. The van der Waals surface area contributed by atoms with Crippen LogP contribution in [0.15, 0.2) is 18.2 Å². The Balaban J connectivity index is 2.71. The first-order chi connectivity index (χ1) is 8.45. The van der Waals surface area contributed by atoms with E-state index in [0.717, 1.165) is 11.1 Å². The summed E-state index contributed by atoms with van der Waals surface area (Å²) < 4.78 is 4.52. The van der Waals surface area contributed by atoms with Crippen molar-refractivity contribution in [2.24, 2.45) is 0 Å². The van der Waals surface area contributed by atoms with Crippen LogP contribution < -0.4 is 0 Å². The number of hydrogen-bond acceptors (Lipinski definition) is 3. The lowest BCUT2D eigenvalue weighted by molar-refractivity contribution is -0.140. The first-order valence-corrected chi connectivity index (χ1v) is 6.21. The van der Waals surface area contributed by atoms with Crippen molar-refractivity contribution >= 4 is 23.4 Å². The fourth-order valence-electron chi connectivity index (χ4n) is 1.74. The van der Waals surface area contributed by atoms with Crippen molar-refractivity contribution in [3.05, 3.63) is 34.9 Å². The molecule has 0 spiro atoms. The number of ether oxygens (including phenoxy) is 1. The zero-order valence-corrected chi connectivity index (χ0v) is 11.6. The van der Waals surface area contributed by atoms with Crippen LogP contribution in [0.25, 0.3) is 0 Å². The van der Waals surface area contributed by atoms with E-state index in [0.29, 0.717) is 12.0 Å². The molecule has 0 saturated heterocycles. The highest BCUT2D eigenvalue weighted by atomic mass is 35.5. The summed E-state index contributed by atoms with van der Waals surface area (Å²) in [4.78, 5) is 23.1. The zero-order chi connectivity index (χ0) is 13.7. The van der Waals surface area contributed by atoms with Crippen molar-refractivity contribution in [1.82, 2.24) is 0 Å². The molecule has 0 amide bonds. The molecule has 1 atom stereocenters. The summed E-state index contributed by atoms with van der Waals surface area (Å²) in [7, 11) is 1.32. The van der Waals surface area contributed by atoms with Gasteiger partial charge >= 0.3 is 5.97 Å². The number of Topliss-reactive ketones (excluding diaryl/α,β-unsaturated/α-hetero) is 1. The maximum atomic E-state index is 12.1. The minimum atomic E-state index is -0.689. The van der Waals surface area contributed by atoms with Crippen LogP contribution in [0.5, 0.6) is 0 Å². The third-order valence-electron chi connectivity index (χ3n) is 2.76. The molecule has 1 aromatic rings. The third kappa shape index (κ3) is 3.84. The topological polar surface area (TPSA) is 43.4 Å². The molecule has 0 fully saturated rings. The van der Waals surface area contributed by atoms with Gasteiger partial charge in [-0.05, 0) is 25.8 Å². The summed E-state index contributed by atoms with van der Waals surface area (Å²) in [6.07, 6.45) is 0.446. The number of benzene rings is 1. The van der Waals surface area contributed by atoms with E-state index in [1.54, 1.807) is 6.07 Å². The van der Waals surface area contributed by atoms with Crippen molar-refractivity contribution in [2.75, 3.05) is 7.11 Å². The SMILES string of the molecule is COC(=O)CCC(Cl)C(=O)c1ccc(C)cc1C. The van der Waals surface area contributed by atoms with E-state index < -0.39 is 5.38 Å². The van der Waals surface area contributed by atoms with Crippen LogP contribution in [0.3, 0.4) is 0 Å². The highest BCUT2D eigenvalue weighted by Gasteiger charge is 2.20. The second-order valence-corrected chi connectivity index (χ2v) is 4.79. The van der Waals surface area contributed by atoms with Gasteiger partial charge < -0.3 is 4.74 Å². The average Bonchev–Trinajstić information content (AvgIpc) is 2.34. The number of rotatable bonds is 5. The Hall–Kier alpha value is -1.35. The molecule has 1 rings (SSSR count). The van der Waals surface area contributed by atoms with E-state index in [4.69, 9.17) is 11.6 Å². The number of carbonyl (C=O) groups is 2. The molecule has 0 saturated carbocycles. The largest absolute Gasteiger partial charge is 0.469 e. The summed E-state index contributed by atoms with van der Waals surface area (Å²) in [5, 5.41) is -0.689. The van der Waals surface area contributed by atoms with Gasteiger partial charge in [0.15, 0.2) is 5.78 Å².